The number of nitrogens with zero attached hydrogens (tertiary/aromatic N) is 4. The van der Waals surface area contributed by atoms with Crippen LogP contribution >= 0.6 is 23.1 Å². The maximum atomic E-state index is 12.2. The van der Waals surface area contributed by atoms with E-state index in [1.54, 1.807) is 6.92 Å². The molecule has 0 aliphatic rings. The van der Waals surface area contributed by atoms with E-state index >= 15 is 0 Å². The van der Waals surface area contributed by atoms with Crippen LogP contribution in [-0.4, -0.2) is 31.8 Å². The Bertz CT molecular complexity index is 1170. The lowest BCUT2D eigenvalue weighted by molar-refractivity contribution is -0.384. The fourth-order valence-electron chi connectivity index (χ4n) is 2.56. The molecule has 30 heavy (non-hydrogen) atoms. The Hall–Kier alpha value is -3.31. The van der Waals surface area contributed by atoms with Gasteiger partial charge in [-0.25, -0.2) is 4.98 Å². The maximum absolute atomic E-state index is 12.2. The first-order valence-electron chi connectivity index (χ1n) is 8.75. The van der Waals surface area contributed by atoms with E-state index in [1.165, 1.54) is 47.4 Å². The fourth-order valence-corrected chi connectivity index (χ4v) is 4.41. The topological polar surface area (TPSA) is 121 Å². The van der Waals surface area contributed by atoms with Crippen LogP contribution in [0.15, 0.2) is 57.3 Å². The summed E-state index contributed by atoms with van der Waals surface area (Å²) in [5.74, 6) is 0.00299. The number of thioether (sulfide) groups is 1. The van der Waals surface area contributed by atoms with Gasteiger partial charge in [-0.3, -0.25) is 14.9 Å². The van der Waals surface area contributed by atoms with Crippen molar-refractivity contribution in [3.8, 4) is 11.5 Å². The van der Waals surface area contributed by atoms with Gasteiger partial charge in [0, 0.05) is 17.7 Å². The Morgan fingerprint density at radius 2 is 2.00 bits per heavy atom. The number of rotatable bonds is 7. The van der Waals surface area contributed by atoms with Gasteiger partial charge in [0.1, 0.15) is 0 Å². The molecule has 2 aromatic carbocycles. The van der Waals surface area contributed by atoms with Gasteiger partial charge in [0.2, 0.25) is 5.89 Å². The highest BCUT2D eigenvalue weighted by Crippen LogP contribution is 2.30. The predicted molar refractivity (Wildman–Crippen MR) is 111 cm³/mol. The van der Waals surface area contributed by atoms with Crippen molar-refractivity contribution in [3.05, 3.63) is 64.5 Å². The molecule has 0 aliphatic carbocycles. The molecule has 0 saturated heterocycles. The van der Waals surface area contributed by atoms with E-state index < -0.39 is 17.0 Å². The van der Waals surface area contributed by atoms with Crippen LogP contribution in [0.4, 0.5) is 5.69 Å². The van der Waals surface area contributed by atoms with Crippen molar-refractivity contribution >= 4 is 45.0 Å². The van der Waals surface area contributed by atoms with Gasteiger partial charge in [0.15, 0.2) is 10.4 Å². The van der Waals surface area contributed by atoms with E-state index in [0.717, 1.165) is 14.6 Å². The first-order chi connectivity index (χ1) is 14.5. The SMILES string of the molecule is CC(OC(=O)CSc1nc2ccccc2s1)c1nnc(-c2ccc([N+](=O)[O-])cc2)o1. The highest BCUT2D eigenvalue weighted by atomic mass is 32.2. The van der Waals surface area contributed by atoms with Crippen molar-refractivity contribution in [1.82, 2.24) is 15.2 Å². The number of fused-ring (bicyclic) bond motifs is 1. The summed E-state index contributed by atoms with van der Waals surface area (Å²) in [6, 6.07) is 13.5. The van der Waals surface area contributed by atoms with Crippen LogP contribution in [0.5, 0.6) is 0 Å². The number of para-hydroxylation sites is 1. The predicted octanol–water partition coefficient (Wildman–Crippen LogP) is 4.65. The summed E-state index contributed by atoms with van der Waals surface area (Å²) >= 11 is 2.83. The van der Waals surface area contributed by atoms with Crippen molar-refractivity contribution in [2.24, 2.45) is 0 Å². The molecular weight excluding hydrogens is 428 g/mol. The normalized spacial score (nSPS) is 12.0. The molecule has 0 radical (unpaired) electrons. The minimum Gasteiger partial charge on any atom is -0.452 e. The van der Waals surface area contributed by atoms with Crippen LogP contribution in [0, 0.1) is 10.1 Å². The van der Waals surface area contributed by atoms with E-state index in [9.17, 15) is 14.9 Å². The Kier molecular flexibility index (Phi) is 5.72. The molecular formula is C19H14N4O5S2. The van der Waals surface area contributed by atoms with Crippen molar-refractivity contribution in [2.75, 3.05) is 5.75 Å². The number of non-ortho nitro benzene ring substituents is 1. The maximum Gasteiger partial charge on any atom is 0.317 e. The van der Waals surface area contributed by atoms with Crippen LogP contribution < -0.4 is 0 Å². The molecule has 0 saturated carbocycles. The quantitative estimate of drug-likeness (QED) is 0.174. The molecule has 0 aliphatic heterocycles. The molecule has 4 rings (SSSR count). The summed E-state index contributed by atoms with van der Waals surface area (Å²) in [4.78, 5) is 26.9. The Balaban J connectivity index is 1.34. The Morgan fingerprint density at radius 1 is 1.23 bits per heavy atom. The number of aromatic nitrogens is 3. The monoisotopic (exact) mass is 442 g/mol. The first kappa shape index (κ1) is 20.0. The number of benzene rings is 2. The highest BCUT2D eigenvalue weighted by Gasteiger charge is 2.20. The molecule has 9 nitrogen and oxygen atoms in total. The molecule has 0 spiro atoms. The number of nitro benzene ring substituents is 1. The second-order valence-electron chi connectivity index (χ2n) is 6.12. The van der Waals surface area contributed by atoms with Crippen LogP contribution in [0.25, 0.3) is 21.7 Å². The molecule has 1 unspecified atom stereocenters. The number of thiazole rings is 1. The number of hydrogen-bond donors (Lipinski definition) is 0. The molecule has 11 heteroatoms. The molecule has 0 bridgehead atoms. The minimum atomic E-state index is -0.729. The second-order valence-corrected chi connectivity index (χ2v) is 8.37. The second kappa shape index (κ2) is 8.59. The van der Waals surface area contributed by atoms with E-state index in [2.05, 4.69) is 15.2 Å². The van der Waals surface area contributed by atoms with Gasteiger partial charge in [-0.15, -0.1) is 21.5 Å². The molecule has 0 N–H and O–H groups in total. The van der Waals surface area contributed by atoms with E-state index in [-0.39, 0.29) is 23.2 Å². The summed E-state index contributed by atoms with van der Waals surface area (Å²) < 4.78 is 12.8. The van der Waals surface area contributed by atoms with Crippen LogP contribution in [-0.2, 0) is 9.53 Å². The van der Waals surface area contributed by atoms with E-state index in [0.29, 0.717) is 5.56 Å². The Labute approximate surface area is 178 Å². The van der Waals surface area contributed by atoms with Crippen molar-refractivity contribution in [2.45, 2.75) is 17.4 Å². The van der Waals surface area contributed by atoms with Gasteiger partial charge in [-0.2, -0.15) is 0 Å². The zero-order valence-corrected chi connectivity index (χ0v) is 17.2. The third-order valence-corrected chi connectivity index (χ3v) is 6.16. The number of esters is 1. The number of carbonyl (C=O) groups excluding carboxylic acids is 1. The fraction of sp³-hybridized carbons (Fsp3) is 0.158. The third-order valence-electron chi connectivity index (χ3n) is 4.01. The molecule has 152 valence electrons. The van der Waals surface area contributed by atoms with Gasteiger partial charge in [-0.05, 0) is 31.2 Å². The molecule has 1 atom stereocenters. The summed E-state index contributed by atoms with van der Waals surface area (Å²) in [6.07, 6.45) is -0.729. The molecule has 0 fully saturated rings. The minimum absolute atomic E-state index is 0.0357. The zero-order chi connectivity index (χ0) is 21.1. The van der Waals surface area contributed by atoms with Crippen molar-refractivity contribution in [1.29, 1.82) is 0 Å². The summed E-state index contributed by atoms with van der Waals surface area (Å²) in [5.41, 5.74) is 1.40. The number of hydrogen-bond acceptors (Lipinski definition) is 10. The lowest BCUT2D eigenvalue weighted by atomic mass is 10.2. The number of ether oxygens (including phenoxy) is 1. The smallest absolute Gasteiger partial charge is 0.317 e. The average molecular weight is 442 g/mol. The summed E-state index contributed by atoms with van der Waals surface area (Å²) in [5, 5.41) is 18.6. The molecule has 2 heterocycles. The summed E-state index contributed by atoms with van der Waals surface area (Å²) in [6.45, 7) is 1.63. The van der Waals surface area contributed by atoms with Crippen molar-refractivity contribution < 1.29 is 18.9 Å². The van der Waals surface area contributed by atoms with Gasteiger partial charge in [-0.1, -0.05) is 23.9 Å². The number of carbonyl (C=O) groups is 1. The molecule has 2 aromatic heterocycles. The zero-order valence-electron chi connectivity index (χ0n) is 15.5. The van der Waals surface area contributed by atoms with Crippen LogP contribution in [0.3, 0.4) is 0 Å². The largest absolute Gasteiger partial charge is 0.452 e. The van der Waals surface area contributed by atoms with E-state index in [1.807, 2.05) is 24.3 Å². The van der Waals surface area contributed by atoms with Crippen LogP contribution in [0.1, 0.15) is 18.9 Å². The average Bonchev–Trinajstić information content (AvgIpc) is 3.39. The third kappa shape index (κ3) is 4.47. The van der Waals surface area contributed by atoms with Crippen LogP contribution in [0.2, 0.25) is 0 Å². The number of nitro groups is 1. The van der Waals surface area contributed by atoms with Gasteiger partial charge >= 0.3 is 5.97 Å². The summed E-state index contributed by atoms with van der Waals surface area (Å²) in [7, 11) is 0. The Morgan fingerprint density at radius 3 is 2.73 bits per heavy atom. The molecule has 0 amide bonds. The molecule has 4 aromatic rings. The van der Waals surface area contributed by atoms with Gasteiger partial charge < -0.3 is 9.15 Å². The standard InChI is InChI=1S/C19H14N4O5S2/c1-11(17-21-22-18(28-17)12-6-8-13(9-7-12)23(25)26)27-16(24)10-29-19-20-14-4-2-3-5-15(14)30-19/h2-9,11H,10H2,1H3. The van der Waals surface area contributed by atoms with Gasteiger partial charge in [0.05, 0.1) is 20.9 Å². The first-order valence-corrected chi connectivity index (χ1v) is 10.6. The highest BCUT2D eigenvalue weighted by molar-refractivity contribution is 8.01. The van der Waals surface area contributed by atoms with Gasteiger partial charge in [0.25, 0.3) is 11.6 Å². The lowest BCUT2D eigenvalue weighted by Gasteiger charge is -2.08. The van der Waals surface area contributed by atoms with E-state index in [4.69, 9.17) is 9.15 Å². The lowest BCUT2D eigenvalue weighted by Crippen LogP contribution is -2.11. The van der Waals surface area contributed by atoms with Crippen molar-refractivity contribution in [3.63, 3.8) is 0 Å².